The molecule has 0 radical (unpaired) electrons. The van der Waals surface area contributed by atoms with E-state index in [-0.39, 0.29) is 16.4 Å². The maximum atomic E-state index is 12.1. The fourth-order valence-corrected chi connectivity index (χ4v) is 5.33. The predicted octanol–water partition coefficient (Wildman–Crippen LogP) is 2.56. The second-order valence-corrected chi connectivity index (χ2v) is 8.65. The minimum atomic E-state index is -3.46. The second kappa shape index (κ2) is 5.96. The van der Waals surface area contributed by atoms with Crippen LogP contribution in [0.2, 0.25) is 0 Å². The number of nitrogens with two attached hydrogens (primary N) is 1. The summed E-state index contributed by atoms with van der Waals surface area (Å²) in [6.45, 7) is 5.57. The zero-order valence-electron chi connectivity index (χ0n) is 12.7. The quantitative estimate of drug-likeness (QED) is 0.858. The molecule has 2 heterocycles. The Kier molecular flexibility index (Phi) is 4.63. The number of carbonyl (C=O) groups is 1. The number of carbonyl (C=O) groups excluding carboxylic acids is 1. The van der Waals surface area contributed by atoms with E-state index in [0.717, 1.165) is 32.2 Å². The number of thiophene rings is 1. The first-order valence-corrected chi connectivity index (χ1v) is 9.87. The Balaban J connectivity index is 2.51. The summed E-state index contributed by atoms with van der Waals surface area (Å²) in [5.41, 5.74) is 6.11. The molecule has 2 rings (SSSR count). The van der Waals surface area contributed by atoms with Gasteiger partial charge in [-0.1, -0.05) is 13.8 Å². The van der Waals surface area contributed by atoms with Crippen LogP contribution in [0.1, 0.15) is 42.8 Å². The van der Waals surface area contributed by atoms with Gasteiger partial charge in [0.2, 0.25) is 0 Å². The van der Waals surface area contributed by atoms with Crippen molar-refractivity contribution in [3.8, 4) is 0 Å². The fraction of sp³-hybridized carbons (Fsp3) is 0.643. The molecular formula is C14H22N2O3S2. The number of hydrogen-bond acceptors (Lipinski definition) is 6. The molecule has 5 nitrogen and oxygen atoms in total. The minimum absolute atomic E-state index is 0.0981. The zero-order valence-corrected chi connectivity index (χ0v) is 14.3. The van der Waals surface area contributed by atoms with Crippen LogP contribution < -0.4 is 10.6 Å². The third-order valence-electron chi connectivity index (χ3n) is 3.90. The SMILES string of the molecule is CCC(=O)c1sc(N2CCC(C)CC2)c(S(C)(=O)=O)c1N. The molecule has 0 saturated carbocycles. The molecule has 0 aromatic carbocycles. The Morgan fingerprint density at radius 1 is 1.38 bits per heavy atom. The number of ketones is 1. The Hall–Kier alpha value is -1.08. The van der Waals surface area contributed by atoms with Gasteiger partial charge in [0.15, 0.2) is 15.6 Å². The highest BCUT2D eigenvalue weighted by molar-refractivity contribution is 7.91. The third kappa shape index (κ3) is 3.23. The Morgan fingerprint density at radius 2 is 1.95 bits per heavy atom. The maximum Gasteiger partial charge on any atom is 0.180 e. The van der Waals surface area contributed by atoms with E-state index >= 15 is 0 Å². The lowest BCUT2D eigenvalue weighted by Crippen LogP contribution is -2.33. The summed E-state index contributed by atoms with van der Waals surface area (Å²) in [5, 5.41) is 0.638. The van der Waals surface area contributed by atoms with Crippen molar-refractivity contribution in [1.82, 2.24) is 0 Å². The molecule has 0 bridgehead atoms. The Labute approximate surface area is 130 Å². The topological polar surface area (TPSA) is 80.5 Å². The molecule has 7 heteroatoms. The van der Waals surface area contributed by atoms with Crippen LogP contribution in [0.15, 0.2) is 4.90 Å². The van der Waals surface area contributed by atoms with Crippen molar-refractivity contribution in [2.45, 2.75) is 38.0 Å². The van der Waals surface area contributed by atoms with Crippen molar-refractivity contribution < 1.29 is 13.2 Å². The number of sulfone groups is 1. The highest BCUT2D eigenvalue weighted by Gasteiger charge is 2.30. The van der Waals surface area contributed by atoms with E-state index in [2.05, 4.69) is 11.8 Å². The lowest BCUT2D eigenvalue weighted by Gasteiger charge is -2.31. The summed E-state index contributed by atoms with van der Waals surface area (Å²) in [7, 11) is -3.46. The molecule has 0 amide bonds. The summed E-state index contributed by atoms with van der Waals surface area (Å²) in [6.07, 6.45) is 3.53. The van der Waals surface area contributed by atoms with Crippen LogP contribution in [0.4, 0.5) is 10.7 Å². The molecule has 0 spiro atoms. The monoisotopic (exact) mass is 330 g/mol. The van der Waals surface area contributed by atoms with E-state index in [1.807, 2.05) is 0 Å². The number of Topliss-reactive ketones (excluding diaryl/α,β-unsaturated/α-hetero) is 1. The molecule has 118 valence electrons. The van der Waals surface area contributed by atoms with Crippen molar-refractivity contribution >= 4 is 37.6 Å². The number of piperidine rings is 1. The highest BCUT2D eigenvalue weighted by atomic mass is 32.2. The Morgan fingerprint density at radius 3 is 2.43 bits per heavy atom. The molecule has 0 atom stereocenters. The van der Waals surface area contributed by atoms with Gasteiger partial charge < -0.3 is 10.6 Å². The van der Waals surface area contributed by atoms with Crippen LogP contribution in [0.3, 0.4) is 0 Å². The van der Waals surface area contributed by atoms with Gasteiger partial charge in [-0.25, -0.2) is 8.42 Å². The molecular weight excluding hydrogens is 308 g/mol. The van der Waals surface area contributed by atoms with E-state index in [4.69, 9.17) is 5.73 Å². The number of rotatable bonds is 4. The fourth-order valence-electron chi connectivity index (χ4n) is 2.56. The second-order valence-electron chi connectivity index (χ2n) is 5.70. The van der Waals surface area contributed by atoms with Gasteiger partial charge in [0, 0.05) is 25.8 Å². The van der Waals surface area contributed by atoms with Gasteiger partial charge in [-0.15, -0.1) is 11.3 Å². The predicted molar refractivity (Wildman–Crippen MR) is 87.1 cm³/mol. The third-order valence-corrected chi connectivity index (χ3v) is 6.49. The maximum absolute atomic E-state index is 12.1. The molecule has 1 aromatic heterocycles. The van der Waals surface area contributed by atoms with E-state index in [1.54, 1.807) is 6.92 Å². The summed E-state index contributed by atoms with van der Waals surface area (Å²) >= 11 is 1.23. The average Bonchev–Trinajstić information content (AvgIpc) is 2.76. The Bertz CT molecular complexity index is 641. The van der Waals surface area contributed by atoms with Gasteiger partial charge in [-0.05, 0) is 18.8 Å². The molecule has 1 saturated heterocycles. The van der Waals surface area contributed by atoms with Crippen molar-refractivity contribution in [2.24, 2.45) is 5.92 Å². The van der Waals surface area contributed by atoms with Crippen LogP contribution in [0.25, 0.3) is 0 Å². The molecule has 1 aliphatic heterocycles. The lowest BCUT2D eigenvalue weighted by atomic mass is 9.99. The number of nitrogens with zero attached hydrogens (tertiary/aromatic N) is 1. The van der Waals surface area contributed by atoms with Crippen LogP contribution in [-0.2, 0) is 9.84 Å². The summed E-state index contributed by atoms with van der Waals surface area (Å²) in [5.74, 6) is 0.552. The first kappa shape index (κ1) is 16.3. The molecule has 1 aliphatic rings. The van der Waals surface area contributed by atoms with Crippen molar-refractivity contribution in [2.75, 3.05) is 30.0 Å². The van der Waals surface area contributed by atoms with Crippen molar-refractivity contribution in [3.05, 3.63) is 4.88 Å². The highest BCUT2D eigenvalue weighted by Crippen LogP contribution is 2.43. The summed E-state index contributed by atoms with van der Waals surface area (Å²) in [6, 6.07) is 0. The van der Waals surface area contributed by atoms with E-state index in [0.29, 0.717) is 22.2 Å². The van der Waals surface area contributed by atoms with Gasteiger partial charge in [0.25, 0.3) is 0 Å². The molecule has 21 heavy (non-hydrogen) atoms. The van der Waals surface area contributed by atoms with Crippen LogP contribution in [0, 0.1) is 5.92 Å². The number of anilines is 2. The van der Waals surface area contributed by atoms with Crippen LogP contribution >= 0.6 is 11.3 Å². The molecule has 0 unspecified atom stereocenters. The average molecular weight is 330 g/mol. The minimum Gasteiger partial charge on any atom is -0.396 e. The van der Waals surface area contributed by atoms with Crippen molar-refractivity contribution in [3.63, 3.8) is 0 Å². The molecule has 1 aromatic rings. The molecule has 0 aliphatic carbocycles. The van der Waals surface area contributed by atoms with Gasteiger partial charge in [0.05, 0.1) is 10.6 Å². The number of nitrogen functional groups attached to an aromatic ring is 1. The standard InChI is InChI=1S/C14H22N2O3S2/c1-4-10(17)12-11(15)13(21(3,18)19)14(20-12)16-7-5-9(2)6-8-16/h9H,4-8,15H2,1-3H3. The van der Waals surface area contributed by atoms with Gasteiger partial charge >= 0.3 is 0 Å². The molecule has 2 N–H and O–H groups in total. The van der Waals surface area contributed by atoms with E-state index in [9.17, 15) is 13.2 Å². The number of hydrogen-bond donors (Lipinski definition) is 1. The van der Waals surface area contributed by atoms with Gasteiger partial charge in [-0.3, -0.25) is 4.79 Å². The molecule has 1 fully saturated rings. The van der Waals surface area contributed by atoms with Gasteiger partial charge in [0.1, 0.15) is 9.90 Å². The van der Waals surface area contributed by atoms with E-state index < -0.39 is 9.84 Å². The zero-order chi connectivity index (χ0) is 15.8. The van der Waals surface area contributed by atoms with Gasteiger partial charge in [-0.2, -0.15) is 0 Å². The van der Waals surface area contributed by atoms with Crippen LogP contribution in [0.5, 0.6) is 0 Å². The normalized spacial score (nSPS) is 17.2. The van der Waals surface area contributed by atoms with Crippen molar-refractivity contribution in [1.29, 1.82) is 0 Å². The lowest BCUT2D eigenvalue weighted by molar-refractivity contribution is 0.0992. The first-order chi connectivity index (χ1) is 9.75. The summed E-state index contributed by atoms with van der Waals surface area (Å²) < 4.78 is 24.2. The smallest absolute Gasteiger partial charge is 0.180 e. The first-order valence-electron chi connectivity index (χ1n) is 7.16. The van der Waals surface area contributed by atoms with E-state index in [1.165, 1.54) is 11.3 Å². The van der Waals surface area contributed by atoms with Crippen LogP contribution in [-0.4, -0.2) is 33.5 Å². The summed E-state index contributed by atoms with van der Waals surface area (Å²) in [4.78, 5) is 14.6. The largest absolute Gasteiger partial charge is 0.396 e.